The van der Waals surface area contributed by atoms with Crippen LogP contribution in [-0.2, 0) is 21.9 Å². The molecule has 0 radical (unpaired) electrons. The molecule has 1 rings (SSSR count). The van der Waals surface area contributed by atoms with Gasteiger partial charge in [-0.3, -0.25) is 4.99 Å². The van der Waals surface area contributed by atoms with E-state index < -0.39 is 52.8 Å². The molecule has 0 saturated heterocycles. The van der Waals surface area contributed by atoms with Crippen LogP contribution in [0, 0.1) is 0 Å². The Hall–Kier alpha value is -2.36. The summed E-state index contributed by atoms with van der Waals surface area (Å²) in [7, 11) is 0. The Morgan fingerprint density at radius 3 is 1.86 bits per heavy atom. The Morgan fingerprint density at radius 2 is 1.54 bits per heavy atom. The van der Waals surface area contributed by atoms with E-state index in [0.717, 1.165) is 6.08 Å². The van der Waals surface area contributed by atoms with Crippen LogP contribution < -0.4 is 0 Å². The number of hydrogen-bond acceptors (Lipinski definition) is 3. The van der Waals surface area contributed by atoms with Gasteiger partial charge >= 0.3 is 18.3 Å². The molecule has 0 aliphatic rings. The largest absolute Gasteiger partial charge is 0.479 e. The van der Waals surface area contributed by atoms with Gasteiger partial charge in [-0.25, -0.2) is 4.79 Å². The molecule has 0 saturated carbocycles. The van der Waals surface area contributed by atoms with Gasteiger partial charge in [-0.05, 0) is 44.5 Å². The van der Waals surface area contributed by atoms with E-state index in [4.69, 9.17) is 4.74 Å². The van der Waals surface area contributed by atoms with Crippen LogP contribution in [0.1, 0.15) is 37.5 Å². The quantitative estimate of drug-likeness (QED) is 0.409. The standard InChI is InChI=1S/C18H19F6NO3/c1-5-16(14(26)27,10-28-15(2,3)4)25-9-11-6-12(17(19,20)21)8-13(7-11)18(22,23)24/h5-9H,1,10H2,2-4H3,(H,26,27). The average Bonchev–Trinajstić information content (AvgIpc) is 2.52. The Morgan fingerprint density at radius 1 is 1.07 bits per heavy atom. The summed E-state index contributed by atoms with van der Waals surface area (Å²) in [6, 6.07) is 0.857. The Balaban J connectivity index is 3.43. The Bertz CT molecular complexity index is 730. The number of alkyl halides is 6. The molecule has 1 aromatic rings. The minimum Gasteiger partial charge on any atom is -0.479 e. The third-order valence-corrected chi connectivity index (χ3v) is 3.49. The van der Waals surface area contributed by atoms with Gasteiger partial charge in [0, 0.05) is 6.21 Å². The van der Waals surface area contributed by atoms with Gasteiger partial charge in [0.2, 0.25) is 0 Å². The topological polar surface area (TPSA) is 58.9 Å². The summed E-state index contributed by atoms with van der Waals surface area (Å²) in [6.07, 6.45) is -8.52. The molecule has 1 atom stereocenters. The minimum absolute atomic E-state index is 0.0298. The predicted octanol–water partition coefficient (Wildman–Crippen LogP) is 4.97. The summed E-state index contributed by atoms with van der Waals surface area (Å²) in [5, 5.41) is 9.44. The van der Waals surface area contributed by atoms with Gasteiger partial charge in [-0.2, -0.15) is 26.3 Å². The number of aliphatic imine (C=N–C) groups is 1. The molecular formula is C18H19F6NO3. The smallest absolute Gasteiger partial charge is 0.416 e. The van der Waals surface area contributed by atoms with E-state index in [-0.39, 0.29) is 6.07 Å². The van der Waals surface area contributed by atoms with Crippen molar-refractivity contribution in [2.75, 3.05) is 6.61 Å². The first-order valence-corrected chi connectivity index (χ1v) is 7.86. The van der Waals surface area contributed by atoms with Crippen molar-refractivity contribution in [2.24, 2.45) is 4.99 Å². The van der Waals surface area contributed by atoms with E-state index in [1.54, 1.807) is 20.8 Å². The van der Waals surface area contributed by atoms with Crippen LogP contribution in [0.2, 0.25) is 0 Å². The normalized spacial score (nSPS) is 15.5. The van der Waals surface area contributed by atoms with Gasteiger partial charge in [0.05, 0.1) is 23.3 Å². The number of halogens is 6. The molecule has 10 heteroatoms. The van der Waals surface area contributed by atoms with E-state index in [1.807, 2.05) is 0 Å². The minimum atomic E-state index is -5.03. The molecule has 4 nitrogen and oxygen atoms in total. The average molecular weight is 411 g/mol. The summed E-state index contributed by atoms with van der Waals surface area (Å²) in [5.74, 6) is -1.52. The molecule has 1 aromatic carbocycles. The number of carbonyl (C=O) groups is 1. The maximum atomic E-state index is 12.9. The number of benzene rings is 1. The summed E-state index contributed by atoms with van der Waals surface area (Å²) < 4.78 is 82.9. The maximum absolute atomic E-state index is 12.9. The van der Waals surface area contributed by atoms with Crippen LogP contribution in [-0.4, -0.2) is 35.0 Å². The molecule has 0 aliphatic carbocycles. The zero-order valence-corrected chi connectivity index (χ0v) is 15.3. The lowest BCUT2D eigenvalue weighted by Gasteiger charge is -2.27. The third-order valence-electron chi connectivity index (χ3n) is 3.49. The number of nitrogens with zero attached hydrogens (tertiary/aromatic N) is 1. The molecule has 0 bridgehead atoms. The SMILES string of the molecule is C=CC(COC(C)(C)C)(N=Cc1cc(C(F)(F)F)cc(C(F)(F)F)c1)C(=O)O. The highest BCUT2D eigenvalue weighted by Crippen LogP contribution is 2.36. The maximum Gasteiger partial charge on any atom is 0.416 e. The molecule has 1 N–H and O–H groups in total. The highest BCUT2D eigenvalue weighted by Gasteiger charge is 2.38. The van der Waals surface area contributed by atoms with Crippen molar-refractivity contribution in [3.05, 3.63) is 47.5 Å². The van der Waals surface area contributed by atoms with Crippen molar-refractivity contribution in [1.29, 1.82) is 0 Å². The Labute approximate surface area is 157 Å². The summed E-state index contributed by atoms with van der Waals surface area (Å²) in [6.45, 7) is 7.73. The molecular weight excluding hydrogens is 392 g/mol. The lowest BCUT2D eigenvalue weighted by molar-refractivity contribution is -0.146. The Kier molecular flexibility index (Phi) is 6.72. The molecule has 0 spiro atoms. The lowest BCUT2D eigenvalue weighted by Crippen LogP contribution is -2.42. The van der Waals surface area contributed by atoms with Crippen molar-refractivity contribution in [2.45, 2.75) is 44.3 Å². The van der Waals surface area contributed by atoms with Crippen molar-refractivity contribution < 1.29 is 41.0 Å². The molecule has 0 amide bonds. The fraction of sp³-hybridized carbons (Fsp3) is 0.444. The molecule has 1 unspecified atom stereocenters. The van der Waals surface area contributed by atoms with E-state index in [1.165, 1.54) is 0 Å². The number of carboxylic acid groups (broad SMARTS) is 1. The fourth-order valence-corrected chi connectivity index (χ4v) is 1.92. The van der Waals surface area contributed by atoms with Crippen molar-refractivity contribution in [3.63, 3.8) is 0 Å². The molecule has 156 valence electrons. The second kappa shape index (κ2) is 7.94. The first-order chi connectivity index (χ1) is 12.5. The highest BCUT2D eigenvalue weighted by atomic mass is 19.4. The van der Waals surface area contributed by atoms with Crippen LogP contribution in [0.15, 0.2) is 35.8 Å². The second-order valence-electron chi connectivity index (χ2n) is 6.93. The second-order valence-corrected chi connectivity index (χ2v) is 6.93. The van der Waals surface area contributed by atoms with Crippen LogP contribution in [0.5, 0.6) is 0 Å². The zero-order chi connectivity index (χ0) is 22.0. The summed E-state index contributed by atoms with van der Waals surface area (Å²) in [4.78, 5) is 15.3. The van der Waals surface area contributed by atoms with Crippen LogP contribution in [0.25, 0.3) is 0 Å². The molecule has 28 heavy (non-hydrogen) atoms. The highest BCUT2D eigenvalue weighted by molar-refractivity contribution is 5.88. The van der Waals surface area contributed by atoms with Crippen molar-refractivity contribution in [3.8, 4) is 0 Å². The molecule has 0 aromatic heterocycles. The van der Waals surface area contributed by atoms with E-state index >= 15 is 0 Å². The van der Waals surface area contributed by atoms with Crippen molar-refractivity contribution >= 4 is 12.2 Å². The van der Waals surface area contributed by atoms with Gasteiger partial charge in [-0.1, -0.05) is 12.7 Å². The number of rotatable bonds is 6. The number of aliphatic carboxylic acids is 1. The number of hydrogen-bond donors (Lipinski definition) is 1. The lowest BCUT2D eigenvalue weighted by atomic mass is 10.0. The van der Waals surface area contributed by atoms with Gasteiger partial charge in [0.1, 0.15) is 0 Å². The van der Waals surface area contributed by atoms with E-state index in [9.17, 15) is 36.2 Å². The van der Waals surface area contributed by atoms with Crippen LogP contribution in [0.4, 0.5) is 26.3 Å². The van der Waals surface area contributed by atoms with E-state index in [2.05, 4.69) is 11.6 Å². The van der Waals surface area contributed by atoms with Gasteiger partial charge in [-0.15, -0.1) is 0 Å². The summed E-state index contributed by atoms with van der Waals surface area (Å²) in [5.41, 5.74) is -6.48. The predicted molar refractivity (Wildman–Crippen MR) is 90.3 cm³/mol. The van der Waals surface area contributed by atoms with Gasteiger partial charge in [0.25, 0.3) is 0 Å². The number of ether oxygens (including phenoxy) is 1. The first kappa shape index (κ1) is 23.7. The van der Waals surface area contributed by atoms with Crippen LogP contribution in [0.3, 0.4) is 0 Å². The fourth-order valence-electron chi connectivity index (χ4n) is 1.92. The van der Waals surface area contributed by atoms with Crippen molar-refractivity contribution in [1.82, 2.24) is 0 Å². The van der Waals surface area contributed by atoms with E-state index in [0.29, 0.717) is 18.3 Å². The zero-order valence-electron chi connectivity index (χ0n) is 15.3. The number of carboxylic acids is 1. The van der Waals surface area contributed by atoms with Gasteiger partial charge in [0.15, 0.2) is 5.54 Å². The summed E-state index contributed by atoms with van der Waals surface area (Å²) >= 11 is 0. The monoisotopic (exact) mass is 411 g/mol. The molecule has 0 aliphatic heterocycles. The molecule has 0 fully saturated rings. The molecule has 0 heterocycles. The van der Waals surface area contributed by atoms with Gasteiger partial charge < -0.3 is 9.84 Å². The third kappa shape index (κ3) is 6.36. The first-order valence-electron chi connectivity index (χ1n) is 7.86. The van der Waals surface area contributed by atoms with Crippen LogP contribution >= 0.6 is 0 Å².